The van der Waals surface area contributed by atoms with Gasteiger partial charge in [0.1, 0.15) is 5.75 Å². The van der Waals surface area contributed by atoms with Crippen LogP contribution in [0, 0.1) is 6.92 Å². The SMILES string of the molecule is Cc1ccc(-c2ccccc2C(C)C)cc1O. The third-order valence-electron chi connectivity index (χ3n) is 3.10. The van der Waals surface area contributed by atoms with Gasteiger partial charge >= 0.3 is 0 Å². The molecule has 0 fully saturated rings. The molecule has 0 aliphatic rings. The molecule has 0 aliphatic carbocycles. The van der Waals surface area contributed by atoms with E-state index in [1.165, 1.54) is 11.1 Å². The van der Waals surface area contributed by atoms with E-state index in [9.17, 15) is 5.11 Å². The summed E-state index contributed by atoms with van der Waals surface area (Å²) in [5, 5.41) is 9.79. The van der Waals surface area contributed by atoms with Gasteiger partial charge in [0.05, 0.1) is 0 Å². The summed E-state index contributed by atoms with van der Waals surface area (Å²) in [6.45, 7) is 6.28. The van der Waals surface area contributed by atoms with Gasteiger partial charge in [-0.2, -0.15) is 0 Å². The zero-order chi connectivity index (χ0) is 12.4. The van der Waals surface area contributed by atoms with Crippen LogP contribution < -0.4 is 0 Å². The number of benzene rings is 2. The molecule has 0 heterocycles. The fraction of sp³-hybridized carbons (Fsp3) is 0.250. The number of hydrogen-bond donors (Lipinski definition) is 1. The molecule has 0 aromatic heterocycles. The molecule has 2 aromatic rings. The zero-order valence-corrected chi connectivity index (χ0v) is 10.6. The number of aryl methyl sites for hydroxylation is 1. The summed E-state index contributed by atoms with van der Waals surface area (Å²) in [5.41, 5.74) is 4.52. The van der Waals surface area contributed by atoms with Gasteiger partial charge in [-0.1, -0.05) is 50.2 Å². The zero-order valence-electron chi connectivity index (χ0n) is 10.6. The van der Waals surface area contributed by atoms with E-state index in [1.54, 1.807) is 0 Å². The van der Waals surface area contributed by atoms with Gasteiger partial charge in [0.25, 0.3) is 0 Å². The summed E-state index contributed by atoms with van der Waals surface area (Å²) in [6, 6.07) is 14.2. The fourth-order valence-corrected chi connectivity index (χ4v) is 2.04. The lowest BCUT2D eigenvalue weighted by molar-refractivity contribution is 0.471. The summed E-state index contributed by atoms with van der Waals surface area (Å²) in [5.74, 6) is 0.843. The van der Waals surface area contributed by atoms with Gasteiger partial charge < -0.3 is 5.11 Å². The molecule has 0 amide bonds. The molecule has 0 unspecified atom stereocenters. The minimum Gasteiger partial charge on any atom is -0.508 e. The molecular formula is C16H18O. The Labute approximate surface area is 103 Å². The maximum absolute atomic E-state index is 9.79. The number of hydrogen-bond acceptors (Lipinski definition) is 1. The predicted octanol–water partition coefficient (Wildman–Crippen LogP) is 4.49. The van der Waals surface area contributed by atoms with Crippen LogP contribution in [0.3, 0.4) is 0 Å². The van der Waals surface area contributed by atoms with E-state index in [1.807, 2.05) is 25.1 Å². The standard InChI is InChI=1S/C16H18O/c1-11(2)14-6-4-5-7-15(14)13-9-8-12(3)16(17)10-13/h4-11,17H,1-3H3. The topological polar surface area (TPSA) is 20.2 Å². The average molecular weight is 226 g/mol. The summed E-state index contributed by atoms with van der Waals surface area (Å²) < 4.78 is 0. The highest BCUT2D eigenvalue weighted by molar-refractivity contribution is 5.69. The fourth-order valence-electron chi connectivity index (χ4n) is 2.04. The van der Waals surface area contributed by atoms with Crippen LogP contribution in [-0.2, 0) is 0 Å². The van der Waals surface area contributed by atoms with Crippen molar-refractivity contribution in [2.24, 2.45) is 0 Å². The second kappa shape index (κ2) is 4.62. The highest BCUT2D eigenvalue weighted by Crippen LogP contribution is 2.31. The molecular weight excluding hydrogens is 208 g/mol. The molecule has 17 heavy (non-hydrogen) atoms. The molecule has 0 bridgehead atoms. The molecule has 1 heteroatoms. The van der Waals surface area contributed by atoms with Gasteiger partial charge in [-0.25, -0.2) is 0 Å². The minimum absolute atomic E-state index is 0.362. The van der Waals surface area contributed by atoms with Gasteiger partial charge in [-0.05, 0) is 41.2 Å². The van der Waals surface area contributed by atoms with Crippen molar-refractivity contribution in [1.29, 1.82) is 0 Å². The summed E-state index contributed by atoms with van der Waals surface area (Å²) in [7, 11) is 0. The van der Waals surface area contributed by atoms with Crippen LogP contribution in [0.2, 0.25) is 0 Å². The molecule has 0 saturated carbocycles. The number of phenolic OH excluding ortho intramolecular Hbond substituents is 1. The van der Waals surface area contributed by atoms with Gasteiger partial charge in [-0.15, -0.1) is 0 Å². The van der Waals surface area contributed by atoms with Crippen LogP contribution in [0.15, 0.2) is 42.5 Å². The summed E-state index contributed by atoms with van der Waals surface area (Å²) in [6.07, 6.45) is 0. The molecule has 0 aliphatic heterocycles. The molecule has 1 N–H and O–H groups in total. The molecule has 0 atom stereocenters. The first-order valence-electron chi connectivity index (χ1n) is 5.98. The molecule has 0 saturated heterocycles. The van der Waals surface area contributed by atoms with Crippen molar-refractivity contribution in [2.45, 2.75) is 26.7 Å². The first-order chi connectivity index (χ1) is 8.09. The number of aromatic hydroxyl groups is 1. The van der Waals surface area contributed by atoms with E-state index in [0.29, 0.717) is 11.7 Å². The first-order valence-corrected chi connectivity index (χ1v) is 5.98. The third-order valence-corrected chi connectivity index (χ3v) is 3.10. The Morgan fingerprint density at radius 1 is 1.00 bits per heavy atom. The van der Waals surface area contributed by atoms with Gasteiger partial charge in [-0.3, -0.25) is 0 Å². The Hall–Kier alpha value is -1.76. The van der Waals surface area contributed by atoms with Crippen molar-refractivity contribution in [3.05, 3.63) is 53.6 Å². The second-order valence-corrected chi connectivity index (χ2v) is 4.74. The van der Waals surface area contributed by atoms with E-state index in [0.717, 1.165) is 11.1 Å². The first kappa shape index (κ1) is 11.7. The molecule has 0 radical (unpaired) electrons. The number of rotatable bonds is 2. The number of phenols is 1. The quantitative estimate of drug-likeness (QED) is 0.799. The molecule has 0 spiro atoms. The van der Waals surface area contributed by atoms with Gasteiger partial charge in [0, 0.05) is 0 Å². The Bertz CT molecular complexity index is 527. The molecule has 1 nitrogen and oxygen atoms in total. The highest BCUT2D eigenvalue weighted by atomic mass is 16.3. The minimum atomic E-state index is 0.362. The maximum atomic E-state index is 9.79. The molecule has 2 aromatic carbocycles. The van der Waals surface area contributed by atoms with Crippen LogP contribution in [-0.4, -0.2) is 5.11 Å². The largest absolute Gasteiger partial charge is 0.508 e. The van der Waals surface area contributed by atoms with E-state index < -0.39 is 0 Å². The van der Waals surface area contributed by atoms with Crippen molar-refractivity contribution in [3.8, 4) is 16.9 Å². The van der Waals surface area contributed by atoms with Crippen molar-refractivity contribution >= 4 is 0 Å². The van der Waals surface area contributed by atoms with Crippen LogP contribution in [0.25, 0.3) is 11.1 Å². The lowest BCUT2D eigenvalue weighted by Crippen LogP contribution is -1.92. The average Bonchev–Trinajstić information content (AvgIpc) is 2.32. The highest BCUT2D eigenvalue weighted by Gasteiger charge is 2.08. The Morgan fingerprint density at radius 3 is 2.35 bits per heavy atom. The van der Waals surface area contributed by atoms with Crippen LogP contribution >= 0.6 is 0 Å². The van der Waals surface area contributed by atoms with E-state index in [-0.39, 0.29) is 0 Å². The Morgan fingerprint density at radius 2 is 1.71 bits per heavy atom. The molecule has 2 rings (SSSR count). The van der Waals surface area contributed by atoms with E-state index in [2.05, 4.69) is 38.1 Å². The van der Waals surface area contributed by atoms with Crippen LogP contribution in [0.5, 0.6) is 5.75 Å². The van der Waals surface area contributed by atoms with Crippen molar-refractivity contribution in [2.75, 3.05) is 0 Å². The smallest absolute Gasteiger partial charge is 0.119 e. The van der Waals surface area contributed by atoms with Gasteiger partial charge in [0.2, 0.25) is 0 Å². The lowest BCUT2D eigenvalue weighted by Gasteiger charge is -2.13. The second-order valence-electron chi connectivity index (χ2n) is 4.74. The van der Waals surface area contributed by atoms with Crippen molar-refractivity contribution < 1.29 is 5.11 Å². The monoisotopic (exact) mass is 226 g/mol. The summed E-state index contributed by atoms with van der Waals surface area (Å²) >= 11 is 0. The van der Waals surface area contributed by atoms with Crippen molar-refractivity contribution in [1.82, 2.24) is 0 Å². The van der Waals surface area contributed by atoms with E-state index >= 15 is 0 Å². The van der Waals surface area contributed by atoms with Crippen molar-refractivity contribution in [3.63, 3.8) is 0 Å². The maximum Gasteiger partial charge on any atom is 0.119 e. The molecule has 88 valence electrons. The Kier molecular flexibility index (Phi) is 3.19. The normalized spacial score (nSPS) is 10.8. The van der Waals surface area contributed by atoms with E-state index in [4.69, 9.17) is 0 Å². The summed E-state index contributed by atoms with van der Waals surface area (Å²) in [4.78, 5) is 0. The lowest BCUT2D eigenvalue weighted by atomic mass is 9.92. The van der Waals surface area contributed by atoms with Crippen LogP contribution in [0.1, 0.15) is 30.9 Å². The third kappa shape index (κ3) is 2.33. The van der Waals surface area contributed by atoms with Crippen LogP contribution in [0.4, 0.5) is 0 Å². The Balaban J connectivity index is 2.56. The van der Waals surface area contributed by atoms with Gasteiger partial charge in [0.15, 0.2) is 0 Å². The predicted molar refractivity (Wildman–Crippen MR) is 72.4 cm³/mol.